The molecule has 2 aromatic rings. The molecule has 0 radical (unpaired) electrons. The van der Waals surface area contributed by atoms with E-state index in [0.717, 1.165) is 0 Å². The van der Waals surface area contributed by atoms with E-state index in [1.165, 1.54) is 39.5 Å². The van der Waals surface area contributed by atoms with Gasteiger partial charge in [0.25, 0.3) is 0 Å². The maximum Gasteiger partial charge on any atom is 0.338 e. The highest BCUT2D eigenvalue weighted by molar-refractivity contribution is 7.80. The van der Waals surface area contributed by atoms with Gasteiger partial charge in [0.15, 0.2) is 16.6 Å². The van der Waals surface area contributed by atoms with Crippen LogP contribution in [0.25, 0.3) is 0 Å². The average molecular weight is 495 g/mol. The first-order valence-electron chi connectivity index (χ1n) is 9.97. The number of hydrogen-bond donors (Lipinski definition) is 1. The molecule has 0 aromatic heterocycles. The van der Waals surface area contributed by atoms with E-state index < -0.39 is 17.8 Å². The molecule has 7 nitrogen and oxygen atoms in total. The molecule has 0 aliphatic carbocycles. The standard InChI is InChI=1S/C23H24ClFN2O5S/c1-13-19(22(28)32-11-10-29-2)20(15-6-5-7-18(30-3)21(15)31-4)26-23(33)27(13)14-8-9-17(25)16(24)12-14/h5-9,12,20H,10-11H2,1-4H3,(H,26,33). The van der Waals surface area contributed by atoms with Crippen molar-refractivity contribution < 1.29 is 28.1 Å². The van der Waals surface area contributed by atoms with Gasteiger partial charge in [-0.15, -0.1) is 0 Å². The fraction of sp³-hybridized carbons (Fsp3) is 0.304. The van der Waals surface area contributed by atoms with Crippen LogP contribution in [-0.2, 0) is 14.3 Å². The molecule has 10 heteroatoms. The molecule has 1 N–H and O–H groups in total. The Morgan fingerprint density at radius 1 is 1.18 bits per heavy atom. The summed E-state index contributed by atoms with van der Waals surface area (Å²) in [5, 5.41) is 3.41. The van der Waals surface area contributed by atoms with Crippen molar-refractivity contribution in [3.63, 3.8) is 0 Å². The third-order valence-electron chi connectivity index (χ3n) is 5.13. The van der Waals surface area contributed by atoms with Crippen molar-refractivity contribution in [2.45, 2.75) is 13.0 Å². The Morgan fingerprint density at radius 2 is 1.94 bits per heavy atom. The van der Waals surface area contributed by atoms with Crippen LogP contribution in [0, 0.1) is 5.82 Å². The minimum Gasteiger partial charge on any atom is -0.493 e. The molecule has 0 amide bonds. The molecule has 0 spiro atoms. The van der Waals surface area contributed by atoms with Crippen LogP contribution in [0.4, 0.5) is 10.1 Å². The number of thiocarbonyl (C=S) groups is 1. The summed E-state index contributed by atoms with van der Waals surface area (Å²) in [5.41, 5.74) is 1.93. The number of para-hydroxylation sites is 1. The third kappa shape index (κ3) is 5.05. The summed E-state index contributed by atoms with van der Waals surface area (Å²) in [6, 6.07) is 8.86. The van der Waals surface area contributed by atoms with E-state index in [0.29, 0.717) is 39.1 Å². The third-order valence-corrected chi connectivity index (χ3v) is 5.72. The Labute approximate surface area is 202 Å². The van der Waals surface area contributed by atoms with Gasteiger partial charge in [-0.1, -0.05) is 23.7 Å². The van der Waals surface area contributed by atoms with Gasteiger partial charge < -0.3 is 24.3 Å². The zero-order valence-corrected chi connectivity index (χ0v) is 20.2. The predicted octanol–water partition coefficient (Wildman–Crippen LogP) is 4.40. The molecule has 0 bridgehead atoms. The average Bonchev–Trinajstić information content (AvgIpc) is 2.80. The number of anilines is 1. The van der Waals surface area contributed by atoms with Crippen LogP contribution < -0.4 is 19.7 Å². The van der Waals surface area contributed by atoms with E-state index in [2.05, 4.69) is 5.32 Å². The van der Waals surface area contributed by atoms with Crippen molar-refractivity contribution in [2.75, 3.05) is 39.4 Å². The Bertz CT molecular complexity index is 1090. The smallest absolute Gasteiger partial charge is 0.338 e. The molecule has 1 aliphatic rings. The Hall–Kier alpha value is -2.88. The number of nitrogens with zero attached hydrogens (tertiary/aromatic N) is 1. The predicted molar refractivity (Wildman–Crippen MR) is 127 cm³/mol. The van der Waals surface area contributed by atoms with Gasteiger partial charge >= 0.3 is 5.97 Å². The van der Waals surface area contributed by atoms with E-state index in [-0.39, 0.29) is 18.2 Å². The number of ether oxygens (including phenoxy) is 4. The number of methoxy groups -OCH3 is 3. The summed E-state index contributed by atoms with van der Waals surface area (Å²) in [5.74, 6) is -0.169. The lowest BCUT2D eigenvalue weighted by Crippen LogP contribution is -2.48. The van der Waals surface area contributed by atoms with Gasteiger partial charge in [0.2, 0.25) is 0 Å². The van der Waals surface area contributed by atoms with Crippen molar-refractivity contribution in [1.82, 2.24) is 5.32 Å². The van der Waals surface area contributed by atoms with E-state index >= 15 is 0 Å². The van der Waals surface area contributed by atoms with Crippen LogP contribution in [-0.4, -0.2) is 45.6 Å². The molecular weight excluding hydrogens is 471 g/mol. The van der Waals surface area contributed by atoms with Gasteiger partial charge in [0, 0.05) is 24.1 Å². The molecule has 1 atom stereocenters. The first-order valence-corrected chi connectivity index (χ1v) is 10.8. The van der Waals surface area contributed by atoms with Crippen molar-refractivity contribution in [3.8, 4) is 11.5 Å². The Balaban J connectivity index is 2.16. The molecule has 1 unspecified atom stereocenters. The number of halogens is 2. The molecule has 3 rings (SSSR count). The van der Waals surface area contributed by atoms with Crippen LogP contribution in [0.15, 0.2) is 47.7 Å². The molecule has 176 valence electrons. The number of carbonyl (C=O) groups is 1. The zero-order valence-electron chi connectivity index (χ0n) is 18.6. The first kappa shape index (κ1) is 24.8. The topological polar surface area (TPSA) is 69.3 Å². The second-order valence-corrected chi connectivity index (χ2v) is 7.82. The highest BCUT2D eigenvalue weighted by Crippen LogP contribution is 2.41. The normalized spacial score (nSPS) is 15.9. The zero-order chi connectivity index (χ0) is 24.1. The van der Waals surface area contributed by atoms with E-state index in [4.69, 9.17) is 42.8 Å². The minimum atomic E-state index is -0.690. The number of carbonyl (C=O) groups excluding carboxylic acids is 1. The number of benzene rings is 2. The Kier molecular flexibility index (Phi) is 8.12. The van der Waals surface area contributed by atoms with E-state index in [1.807, 2.05) is 6.07 Å². The second-order valence-electron chi connectivity index (χ2n) is 7.03. The van der Waals surface area contributed by atoms with Gasteiger partial charge in [0.1, 0.15) is 12.4 Å². The maximum atomic E-state index is 13.8. The SMILES string of the molecule is COCCOC(=O)C1=C(C)N(c2ccc(F)c(Cl)c2)C(=S)NC1c1cccc(OC)c1OC. The van der Waals surface area contributed by atoms with Crippen LogP contribution in [0.3, 0.4) is 0 Å². The first-order chi connectivity index (χ1) is 15.8. The minimum absolute atomic E-state index is 0.0658. The van der Waals surface area contributed by atoms with Crippen LogP contribution >= 0.6 is 23.8 Å². The van der Waals surface area contributed by atoms with E-state index in [1.54, 1.807) is 24.0 Å². The van der Waals surface area contributed by atoms with Crippen molar-refractivity contribution in [3.05, 3.63) is 64.1 Å². The summed E-state index contributed by atoms with van der Waals surface area (Å²) in [6.07, 6.45) is 0. The molecule has 0 fully saturated rings. The van der Waals surface area contributed by atoms with Crippen LogP contribution in [0.1, 0.15) is 18.5 Å². The molecule has 1 heterocycles. The fourth-order valence-corrected chi connectivity index (χ4v) is 4.15. The summed E-state index contributed by atoms with van der Waals surface area (Å²) < 4.78 is 35.2. The number of allylic oxidation sites excluding steroid dienone is 1. The lowest BCUT2D eigenvalue weighted by Gasteiger charge is -2.38. The summed E-state index contributed by atoms with van der Waals surface area (Å²) in [7, 11) is 4.56. The van der Waals surface area contributed by atoms with Gasteiger partial charge in [0.05, 0.1) is 37.5 Å². The van der Waals surface area contributed by atoms with E-state index in [9.17, 15) is 9.18 Å². The fourth-order valence-electron chi connectivity index (χ4n) is 3.61. The van der Waals surface area contributed by atoms with Crippen molar-refractivity contribution in [2.24, 2.45) is 0 Å². The molecule has 0 saturated carbocycles. The molecule has 1 aliphatic heterocycles. The maximum absolute atomic E-state index is 13.8. The lowest BCUT2D eigenvalue weighted by molar-refractivity contribution is -0.140. The van der Waals surface area contributed by atoms with Crippen molar-refractivity contribution in [1.29, 1.82) is 0 Å². The number of esters is 1. The van der Waals surface area contributed by atoms with Gasteiger partial charge in [-0.05, 0) is 43.4 Å². The van der Waals surface area contributed by atoms with Crippen LogP contribution in [0.2, 0.25) is 5.02 Å². The second kappa shape index (κ2) is 10.8. The molecule has 2 aromatic carbocycles. The number of nitrogens with one attached hydrogen (secondary N) is 1. The molecule has 0 saturated heterocycles. The number of rotatable bonds is 8. The largest absolute Gasteiger partial charge is 0.493 e. The monoisotopic (exact) mass is 494 g/mol. The lowest BCUT2D eigenvalue weighted by atomic mass is 9.93. The quantitative estimate of drug-likeness (QED) is 0.329. The summed E-state index contributed by atoms with van der Waals surface area (Å²) >= 11 is 11.6. The van der Waals surface area contributed by atoms with Gasteiger partial charge in [-0.3, -0.25) is 4.90 Å². The Morgan fingerprint density at radius 3 is 2.58 bits per heavy atom. The molecular formula is C23H24ClFN2O5S. The highest BCUT2D eigenvalue weighted by atomic mass is 35.5. The summed E-state index contributed by atoms with van der Waals surface area (Å²) in [4.78, 5) is 14.8. The summed E-state index contributed by atoms with van der Waals surface area (Å²) in [6.45, 7) is 2.05. The molecule has 33 heavy (non-hydrogen) atoms. The number of hydrogen-bond acceptors (Lipinski definition) is 6. The van der Waals surface area contributed by atoms with Gasteiger partial charge in [-0.2, -0.15) is 0 Å². The van der Waals surface area contributed by atoms with Crippen LogP contribution in [0.5, 0.6) is 11.5 Å². The highest BCUT2D eigenvalue weighted by Gasteiger charge is 2.37. The van der Waals surface area contributed by atoms with Gasteiger partial charge in [-0.25, -0.2) is 9.18 Å². The van der Waals surface area contributed by atoms with Crippen molar-refractivity contribution >= 4 is 40.6 Å².